The summed E-state index contributed by atoms with van der Waals surface area (Å²) >= 11 is 0. The van der Waals surface area contributed by atoms with Crippen molar-refractivity contribution in [3.63, 3.8) is 0 Å². The summed E-state index contributed by atoms with van der Waals surface area (Å²) in [6.07, 6.45) is 19.3. The number of amides is 1. The molecule has 0 bridgehead atoms. The van der Waals surface area contributed by atoms with E-state index in [4.69, 9.17) is 10.8 Å². The van der Waals surface area contributed by atoms with Crippen LogP contribution in [0.15, 0.2) is 83.3 Å². The Bertz CT molecular complexity index is 841. The average molecular weight is 409 g/mol. The summed E-state index contributed by atoms with van der Waals surface area (Å²) in [5.74, 6) is -0.442. The minimum absolute atomic E-state index is 0.0985. The maximum absolute atomic E-state index is 10.4. The number of carbonyl (C=O) groups is 1. The maximum atomic E-state index is 10.4. The zero-order valence-corrected chi connectivity index (χ0v) is 19.0. The fraction of sp³-hybridized carbons (Fsp3) is 0.385. The Balaban J connectivity index is 0.000000414. The Hall–Kier alpha value is -2.72. The monoisotopic (exact) mass is 408 g/mol. The zero-order chi connectivity index (χ0) is 22.6. The number of allylic oxidation sites excluding steroid dienone is 9. The van der Waals surface area contributed by atoms with Crippen molar-refractivity contribution in [2.24, 2.45) is 11.1 Å². The number of hydrogen-bond acceptors (Lipinski definition) is 3. The van der Waals surface area contributed by atoms with Crippen LogP contribution in [0.5, 0.6) is 0 Å². The van der Waals surface area contributed by atoms with Gasteiger partial charge in [-0.1, -0.05) is 67.0 Å². The Morgan fingerprint density at radius 1 is 1.27 bits per heavy atom. The van der Waals surface area contributed by atoms with Gasteiger partial charge in [0.05, 0.1) is 12.2 Å². The van der Waals surface area contributed by atoms with Crippen LogP contribution in [0.25, 0.3) is 0 Å². The second-order valence-electron chi connectivity index (χ2n) is 8.27. The van der Waals surface area contributed by atoms with Crippen molar-refractivity contribution in [3.05, 3.63) is 88.8 Å². The largest absolute Gasteiger partial charge is 0.392 e. The number of aliphatic hydroxyl groups excluding tert-OH is 1. The van der Waals surface area contributed by atoms with Gasteiger partial charge < -0.3 is 10.8 Å². The highest BCUT2D eigenvalue weighted by molar-refractivity contribution is 5.92. The smallest absolute Gasteiger partial charge is 0.250 e. The maximum Gasteiger partial charge on any atom is 0.250 e. The van der Waals surface area contributed by atoms with Gasteiger partial charge >= 0.3 is 0 Å². The van der Waals surface area contributed by atoms with Crippen molar-refractivity contribution >= 4 is 5.91 Å². The van der Waals surface area contributed by atoms with E-state index in [-0.39, 0.29) is 6.61 Å². The van der Waals surface area contributed by atoms with Crippen molar-refractivity contribution in [3.8, 4) is 0 Å². The Labute approximate surface area is 181 Å². The second-order valence-corrected chi connectivity index (χ2v) is 8.27. The highest BCUT2D eigenvalue weighted by Crippen LogP contribution is 2.40. The standard InChI is InChI=1S/C20H30O.C6H6N2O/c1-16(8-6-9-17(2)13-15-21)11-12-19-18(3)10-7-14-20(19,4)5;7-6(9)5-2-1-3-8-4-5/h6,8-9,11-13,21H,7,10,14-15H2,1-5H3;1-4H,(H2,7,9)/b9-6+,12-11+,16-8+,17-13+;. The van der Waals surface area contributed by atoms with Gasteiger partial charge in [-0.05, 0) is 63.2 Å². The third-order valence-electron chi connectivity index (χ3n) is 5.13. The SMILES string of the molecule is CC1=C(/C=C/C(C)=C/C=C/C(C)=C/CO)C(C)(C)CCC1.NC(=O)c1cccnc1. The molecule has 1 aromatic rings. The van der Waals surface area contributed by atoms with E-state index in [2.05, 4.69) is 50.9 Å². The Kier molecular flexibility index (Phi) is 10.8. The van der Waals surface area contributed by atoms with Gasteiger partial charge in [-0.3, -0.25) is 9.78 Å². The number of aliphatic hydroxyl groups is 1. The van der Waals surface area contributed by atoms with E-state index in [1.807, 2.05) is 19.1 Å². The number of aromatic nitrogens is 1. The van der Waals surface area contributed by atoms with Crippen LogP contribution >= 0.6 is 0 Å². The molecule has 0 saturated heterocycles. The van der Waals surface area contributed by atoms with E-state index in [9.17, 15) is 4.79 Å². The first kappa shape index (κ1) is 25.3. The molecule has 0 unspecified atom stereocenters. The summed E-state index contributed by atoms with van der Waals surface area (Å²) in [7, 11) is 0. The van der Waals surface area contributed by atoms with Crippen LogP contribution in [-0.2, 0) is 0 Å². The molecule has 3 N–H and O–H groups in total. The lowest BCUT2D eigenvalue weighted by molar-refractivity contribution is 0.1000. The fourth-order valence-electron chi connectivity index (χ4n) is 3.35. The summed E-state index contributed by atoms with van der Waals surface area (Å²) in [4.78, 5) is 14.1. The molecular weight excluding hydrogens is 372 g/mol. The summed E-state index contributed by atoms with van der Waals surface area (Å²) in [5.41, 5.74) is 11.0. The van der Waals surface area contributed by atoms with Crippen molar-refractivity contribution in [1.29, 1.82) is 0 Å². The molecule has 1 aliphatic rings. The molecule has 1 amide bonds. The molecular formula is C26H36N2O2. The molecule has 0 aliphatic heterocycles. The minimum atomic E-state index is -0.442. The lowest BCUT2D eigenvalue weighted by Crippen LogP contribution is -2.19. The molecule has 0 atom stereocenters. The third-order valence-corrected chi connectivity index (χ3v) is 5.13. The molecule has 0 saturated carbocycles. The van der Waals surface area contributed by atoms with Gasteiger partial charge in [-0.25, -0.2) is 0 Å². The lowest BCUT2D eigenvalue weighted by Gasteiger charge is -2.32. The third kappa shape index (κ3) is 9.19. The molecule has 1 heterocycles. The first-order valence-electron chi connectivity index (χ1n) is 10.4. The van der Waals surface area contributed by atoms with Crippen molar-refractivity contribution < 1.29 is 9.90 Å². The molecule has 162 valence electrons. The molecule has 4 nitrogen and oxygen atoms in total. The quantitative estimate of drug-likeness (QED) is 0.594. The molecule has 30 heavy (non-hydrogen) atoms. The number of pyridine rings is 1. The summed E-state index contributed by atoms with van der Waals surface area (Å²) in [5, 5.41) is 8.81. The van der Waals surface area contributed by atoms with Gasteiger partial charge in [0.1, 0.15) is 0 Å². The number of carbonyl (C=O) groups excluding carboxylic acids is 1. The molecule has 4 heteroatoms. The van der Waals surface area contributed by atoms with Gasteiger partial charge in [-0.2, -0.15) is 0 Å². The normalized spacial score (nSPS) is 17.3. The minimum Gasteiger partial charge on any atom is -0.392 e. The van der Waals surface area contributed by atoms with Crippen molar-refractivity contribution in [1.82, 2.24) is 4.98 Å². The van der Waals surface area contributed by atoms with E-state index in [1.54, 1.807) is 24.4 Å². The van der Waals surface area contributed by atoms with Crippen LogP contribution in [0.1, 0.15) is 64.2 Å². The van der Waals surface area contributed by atoms with Gasteiger partial charge in [0, 0.05) is 12.4 Å². The van der Waals surface area contributed by atoms with Gasteiger partial charge in [0.25, 0.3) is 0 Å². The topological polar surface area (TPSA) is 76.2 Å². The summed E-state index contributed by atoms with van der Waals surface area (Å²) < 4.78 is 0. The molecule has 0 fully saturated rings. The number of hydrogen-bond donors (Lipinski definition) is 2. The van der Waals surface area contributed by atoms with E-state index in [0.29, 0.717) is 11.0 Å². The average Bonchev–Trinajstić information content (AvgIpc) is 2.68. The highest BCUT2D eigenvalue weighted by Gasteiger charge is 2.26. The lowest BCUT2D eigenvalue weighted by atomic mass is 9.72. The van der Waals surface area contributed by atoms with Crippen LogP contribution in [-0.4, -0.2) is 22.6 Å². The van der Waals surface area contributed by atoms with Crippen LogP contribution in [0.4, 0.5) is 0 Å². The van der Waals surface area contributed by atoms with E-state index < -0.39 is 5.91 Å². The van der Waals surface area contributed by atoms with Crippen LogP contribution in [0, 0.1) is 5.41 Å². The van der Waals surface area contributed by atoms with E-state index in [1.165, 1.54) is 42.2 Å². The molecule has 2 rings (SSSR count). The first-order chi connectivity index (χ1) is 14.2. The van der Waals surface area contributed by atoms with Gasteiger partial charge in [0.15, 0.2) is 0 Å². The van der Waals surface area contributed by atoms with Gasteiger partial charge in [-0.15, -0.1) is 0 Å². The molecule has 1 aromatic heterocycles. The number of nitrogens with two attached hydrogens (primary N) is 1. The second kappa shape index (κ2) is 12.8. The van der Waals surface area contributed by atoms with Crippen molar-refractivity contribution in [2.75, 3.05) is 6.61 Å². The molecule has 0 spiro atoms. The summed E-state index contributed by atoms with van der Waals surface area (Å²) in [6.45, 7) is 11.2. The van der Waals surface area contributed by atoms with Crippen molar-refractivity contribution in [2.45, 2.75) is 53.9 Å². The first-order valence-corrected chi connectivity index (χ1v) is 10.4. The highest BCUT2D eigenvalue weighted by atomic mass is 16.2. The predicted molar refractivity (Wildman–Crippen MR) is 126 cm³/mol. The van der Waals surface area contributed by atoms with Gasteiger partial charge in [0.2, 0.25) is 5.91 Å². The zero-order valence-electron chi connectivity index (χ0n) is 19.0. The number of rotatable bonds is 6. The number of primary amides is 1. The Morgan fingerprint density at radius 2 is 2.00 bits per heavy atom. The molecule has 0 radical (unpaired) electrons. The summed E-state index contributed by atoms with van der Waals surface area (Å²) in [6, 6.07) is 3.29. The van der Waals surface area contributed by atoms with E-state index in [0.717, 1.165) is 5.57 Å². The van der Waals surface area contributed by atoms with Crippen LogP contribution in [0.2, 0.25) is 0 Å². The predicted octanol–water partition coefficient (Wildman–Crippen LogP) is 5.69. The number of nitrogens with zero attached hydrogens (tertiary/aromatic N) is 1. The van der Waals surface area contributed by atoms with E-state index >= 15 is 0 Å². The fourth-order valence-corrected chi connectivity index (χ4v) is 3.35. The Morgan fingerprint density at radius 3 is 2.53 bits per heavy atom. The molecule has 0 aromatic carbocycles. The van der Waals surface area contributed by atoms with Crippen LogP contribution < -0.4 is 5.73 Å². The molecule has 1 aliphatic carbocycles. The van der Waals surface area contributed by atoms with Crippen LogP contribution in [0.3, 0.4) is 0 Å².